The zero-order valence-corrected chi connectivity index (χ0v) is 14.9. The fourth-order valence-electron chi connectivity index (χ4n) is 2.95. The van der Waals surface area contributed by atoms with Crippen LogP contribution in [0.5, 0.6) is 0 Å². The number of hydrogen-bond acceptors (Lipinski definition) is 4. The lowest BCUT2D eigenvalue weighted by Gasteiger charge is -2.39. The van der Waals surface area contributed by atoms with Crippen LogP contribution in [0.4, 0.5) is 15.9 Å². The molecule has 0 spiro atoms. The quantitative estimate of drug-likeness (QED) is 0.815. The summed E-state index contributed by atoms with van der Waals surface area (Å²) in [6.07, 6.45) is 1.89. The molecule has 0 saturated heterocycles. The van der Waals surface area contributed by atoms with Gasteiger partial charge in [-0.2, -0.15) is 0 Å². The molecule has 1 aromatic carbocycles. The smallest absolute Gasteiger partial charge is 0.335 e. The number of nitrogen functional groups attached to an aromatic ring is 1. The average Bonchev–Trinajstić information content (AvgIpc) is 2.58. The second-order valence-corrected chi connectivity index (χ2v) is 6.36. The molecule has 2 aromatic rings. The Bertz CT molecular complexity index is 787. The molecule has 138 valence electrons. The first-order valence-electron chi connectivity index (χ1n) is 8.23. The standard InChI is InChI=1S/C14H17NO3.C5H5FN2/c1-8-6-12-7-11(14(17)18)4-5-13(12)15(9(8)2)10(3)16;6-4-1-2-5(7)8-3-4/h4-5,7-9H,6H2,1-3H3,(H,17,18);1-3H,(H2,7,8)/t8?,9-;/m0./s1. The Morgan fingerprint density at radius 3 is 2.46 bits per heavy atom. The van der Waals surface area contributed by atoms with E-state index in [0.717, 1.165) is 23.9 Å². The molecule has 1 aromatic heterocycles. The van der Waals surface area contributed by atoms with Gasteiger partial charge in [0.15, 0.2) is 0 Å². The number of carboxylic acid groups (broad SMARTS) is 1. The van der Waals surface area contributed by atoms with Crippen molar-refractivity contribution in [1.82, 2.24) is 4.98 Å². The lowest BCUT2D eigenvalue weighted by atomic mass is 9.87. The van der Waals surface area contributed by atoms with E-state index in [4.69, 9.17) is 10.8 Å². The van der Waals surface area contributed by atoms with Gasteiger partial charge in [0.1, 0.15) is 11.6 Å². The second kappa shape index (κ2) is 7.95. The molecule has 0 saturated carbocycles. The van der Waals surface area contributed by atoms with E-state index in [1.165, 1.54) is 12.1 Å². The van der Waals surface area contributed by atoms with Gasteiger partial charge in [-0.3, -0.25) is 4.79 Å². The third-order valence-corrected chi connectivity index (χ3v) is 4.45. The van der Waals surface area contributed by atoms with Crippen molar-refractivity contribution in [3.63, 3.8) is 0 Å². The zero-order chi connectivity index (χ0) is 19.4. The molecule has 1 amide bonds. The molecular weight excluding hydrogens is 337 g/mol. The minimum absolute atomic E-state index is 0.00150. The molecule has 0 radical (unpaired) electrons. The monoisotopic (exact) mass is 359 g/mol. The van der Waals surface area contributed by atoms with Gasteiger partial charge in [-0.05, 0) is 55.2 Å². The first-order chi connectivity index (χ1) is 12.2. The van der Waals surface area contributed by atoms with E-state index in [9.17, 15) is 14.0 Å². The number of rotatable bonds is 1. The van der Waals surface area contributed by atoms with Crippen LogP contribution in [0.2, 0.25) is 0 Å². The van der Waals surface area contributed by atoms with E-state index in [1.807, 2.05) is 6.92 Å². The summed E-state index contributed by atoms with van der Waals surface area (Å²) in [5, 5.41) is 9.00. The highest BCUT2D eigenvalue weighted by molar-refractivity contribution is 5.95. The molecule has 1 aliphatic heterocycles. The SMILES string of the molecule is CC(=O)N1c2ccc(C(=O)O)cc2CC(C)[C@@H]1C.Nc1ccc(F)cn1. The third kappa shape index (κ3) is 4.36. The number of nitrogens with zero attached hydrogens (tertiary/aromatic N) is 2. The molecule has 2 atom stereocenters. The van der Waals surface area contributed by atoms with E-state index in [-0.39, 0.29) is 23.3 Å². The second-order valence-electron chi connectivity index (χ2n) is 6.36. The van der Waals surface area contributed by atoms with Crippen LogP contribution in [-0.4, -0.2) is 28.0 Å². The number of carbonyl (C=O) groups is 2. The van der Waals surface area contributed by atoms with Crippen LogP contribution in [0.25, 0.3) is 0 Å². The Morgan fingerprint density at radius 1 is 1.27 bits per heavy atom. The number of carbonyl (C=O) groups excluding carboxylic acids is 1. The van der Waals surface area contributed by atoms with Crippen molar-refractivity contribution in [1.29, 1.82) is 0 Å². The van der Waals surface area contributed by atoms with Crippen molar-refractivity contribution in [2.75, 3.05) is 10.6 Å². The predicted molar refractivity (Wildman–Crippen MR) is 97.5 cm³/mol. The Kier molecular flexibility index (Phi) is 5.92. The summed E-state index contributed by atoms with van der Waals surface area (Å²) >= 11 is 0. The maximum Gasteiger partial charge on any atom is 0.335 e. The van der Waals surface area contributed by atoms with Gasteiger partial charge in [0.05, 0.1) is 11.8 Å². The van der Waals surface area contributed by atoms with Crippen LogP contribution in [-0.2, 0) is 11.2 Å². The van der Waals surface area contributed by atoms with Gasteiger partial charge in [0.2, 0.25) is 5.91 Å². The minimum atomic E-state index is -0.932. The molecule has 26 heavy (non-hydrogen) atoms. The van der Waals surface area contributed by atoms with Crippen LogP contribution >= 0.6 is 0 Å². The number of carboxylic acids is 1. The van der Waals surface area contributed by atoms with Crippen LogP contribution in [0.1, 0.15) is 36.7 Å². The number of nitrogens with two attached hydrogens (primary N) is 1. The van der Waals surface area contributed by atoms with E-state index in [1.54, 1.807) is 30.0 Å². The molecule has 2 heterocycles. The van der Waals surface area contributed by atoms with Crippen molar-refractivity contribution in [3.8, 4) is 0 Å². The lowest BCUT2D eigenvalue weighted by Crippen LogP contribution is -2.45. The zero-order valence-electron chi connectivity index (χ0n) is 14.9. The number of amides is 1. The number of fused-ring (bicyclic) bond motifs is 1. The van der Waals surface area contributed by atoms with Gasteiger partial charge in [-0.25, -0.2) is 14.2 Å². The molecule has 1 unspecified atom stereocenters. The number of anilines is 2. The summed E-state index contributed by atoms with van der Waals surface area (Å²) in [6, 6.07) is 7.79. The summed E-state index contributed by atoms with van der Waals surface area (Å²) in [4.78, 5) is 28.0. The largest absolute Gasteiger partial charge is 0.478 e. The third-order valence-electron chi connectivity index (χ3n) is 4.45. The Balaban J connectivity index is 0.000000254. The average molecular weight is 359 g/mol. The number of hydrogen-bond donors (Lipinski definition) is 2. The van der Waals surface area contributed by atoms with Crippen LogP contribution in [0.15, 0.2) is 36.5 Å². The molecule has 0 bridgehead atoms. The van der Waals surface area contributed by atoms with Crippen molar-refractivity contribution in [2.24, 2.45) is 5.92 Å². The highest BCUT2D eigenvalue weighted by Gasteiger charge is 2.31. The summed E-state index contributed by atoms with van der Waals surface area (Å²) in [7, 11) is 0. The number of aromatic carboxylic acids is 1. The highest BCUT2D eigenvalue weighted by Crippen LogP contribution is 2.34. The Labute approximate surface area is 151 Å². The van der Waals surface area contributed by atoms with Crippen LogP contribution in [0.3, 0.4) is 0 Å². The van der Waals surface area contributed by atoms with E-state index in [0.29, 0.717) is 11.7 Å². The minimum Gasteiger partial charge on any atom is -0.478 e. The van der Waals surface area contributed by atoms with Gasteiger partial charge in [0.25, 0.3) is 0 Å². The number of aromatic nitrogens is 1. The summed E-state index contributed by atoms with van der Waals surface area (Å²) in [6.45, 7) is 5.65. The van der Waals surface area contributed by atoms with E-state index in [2.05, 4.69) is 11.9 Å². The maximum absolute atomic E-state index is 12.0. The molecule has 1 aliphatic rings. The van der Waals surface area contributed by atoms with E-state index < -0.39 is 5.97 Å². The fraction of sp³-hybridized carbons (Fsp3) is 0.316. The van der Waals surface area contributed by atoms with Gasteiger partial charge >= 0.3 is 5.97 Å². The molecule has 7 heteroatoms. The number of benzene rings is 1. The first kappa shape index (κ1) is 19.4. The first-order valence-corrected chi connectivity index (χ1v) is 8.23. The van der Waals surface area contributed by atoms with Crippen molar-refractivity contribution in [3.05, 3.63) is 53.5 Å². The number of pyridine rings is 1. The summed E-state index contributed by atoms with van der Waals surface area (Å²) in [5.41, 5.74) is 7.21. The van der Waals surface area contributed by atoms with Crippen molar-refractivity contribution >= 4 is 23.4 Å². The normalized spacial score (nSPS) is 18.4. The Hall–Kier alpha value is -2.96. The molecule has 3 N–H and O–H groups in total. The predicted octanol–water partition coefficient (Wildman–Crippen LogP) is 3.12. The maximum atomic E-state index is 12.0. The molecule has 0 aliphatic carbocycles. The molecule has 3 rings (SSSR count). The van der Waals surface area contributed by atoms with Gasteiger partial charge in [-0.1, -0.05) is 6.92 Å². The van der Waals surface area contributed by atoms with Crippen molar-refractivity contribution < 1.29 is 19.1 Å². The van der Waals surface area contributed by atoms with Crippen LogP contribution in [0, 0.1) is 11.7 Å². The lowest BCUT2D eigenvalue weighted by molar-refractivity contribution is -0.117. The fourth-order valence-corrected chi connectivity index (χ4v) is 2.95. The van der Waals surface area contributed by atoms with E-state index >= 15 is 0 Å². The number of halogens is 1. The molecule has 0 fully saturated rings. The highest BCUT2D eigenvalue weighted by atomic mass is 19.1. The van der Waals surface area contributed by atoms with Gasteiger partial charge < -0.3 is 15.7 Å². The summed E-state index contributed by atoms with van der Waals surface area (Å²) < 4.78 is 12.0. The van der Waals surface area contributed by atoms with Crippen LogP contribution < -0.4 is 10.6 Å². The topological polar surface area (TPSA) is 96.5 Å². The summed E-state index contributed by atoms with van der Waals surface area (Å²) in [5.74, 6) is -0.632. The van der Waals surface area contributed by atoms with Crippen molar-refractivity contribution in [2.45, 2.75) is 33.2 Å². The van der Waals surface area contributed by atoms with Gasteiger partial charge in [0, 0.05) is 18.7 Å². The molecule has 6 nitrogen and oxygen atoms in total. The van der Waals surface area contributed by atoms with Gasteiger partial charge in [-0.15, -0.1) is 0 Å². The Morgan fingerprint density at radius 2 is 1.96 bits per heavy atom. The molecular formula is C19H22FN3O3.